The van der Waals surface area contributed by atoms with Crippen LogP contribution in [-0.4, -0.2) is 14.5 Å². The Balaban J connectivity index is 1.40. The summed E-state index contributed by atoms with van der Waals surface area (Å²) in [6.45, 7) is 20.5. The van der Waals surface area contributed by atoms with E-state index in [1.165, 1.54) is 16.7 Å². The van der Waals surface area contributed by atoms with E-state index in [0.717, 1.165) is 66.1 Å². The Morgan fingerprint density at radius 1 is 0.534 bits per heavy atom. The zero-order valence-electron chi connectivity index (χ0n) is 34.8. The van der Waals surface area contributed by atoms with Gasteiger partial charge < -0.3 is 8.98 Å². The van der Waals surface area contributed by atoms with Crippen LogP contribution in [0.1, 0.15) is 84.6 Å². The molecule has 0 atom stereocenters. The summed E-state index contributed by atoms with van der Waals surface area (Å²) in [5, 5.41) is 15.0. The molecule has 0 unspecified atom stereocenters. The Bertz CT molecular complexity index is 3040. The lowest BCUT2D eigenvalue weighted by Gasteiger charge is -2.25. The minimum Gasteiger partial charge on any atom is -0.454 e. The van der Waals surface area contributed by atoms with Crippen molar-refractivity contribution in [3.8, 4) is 45.7 Å². The van der Waals surface area contributed by atoms with Gasteiger partial charge in [-0.1, -0.05) is 159 Å². The molecule has 6 aromatic carbocycles. The number of nitrogens with zero attached hydrogens (tertiary/aromatic N) is 4. The molecule has 0 saturated heterocycles. The normalized spacial score (nSPS) is 12.6. The molecule has 0 aliphatic rings. The van der Waals surface area contributed by atoms with Crippen LogP contribution >= 0.6 is 0 Å². The number of nitriles is 1. The zero-order valence-corrected chi connectivity index (χ0v) is 34.8. The molecule has 286 valence electrons. The highest BCUT2D eigenvalue weighted by Crippen LogP contribution is 2.46. The van der Waals surface area contributed by atoms with Gasteiger partial charge in [-0.25, -0.2) is 9.97 Å². The smallest absolute Gasteiger partial charge is 0.161 e. The van der Waals surface area contributed by atoms with Crippen LogP contribution in [0.5, 0.6) is 0 Å². The van der Waals surface area contributed by atoms with Crippen molar-refractivity contribution >= 4 is 43.7 Å². The lowest BCUT2D eigenvalue weighted by atomic mass is 9.79. The molecule has 0 saturated carbocycles. The lowest BCUT2D eigenvalue weighted by Crippen LogP contribution is -2.16. The van der Waals surface area contributed by atoms with Crippen LogP contribution in [0.3, 0.4) is 0 Å². The molecule has 0 aliphatic heterocycles. The van der Waals surface area contributed by atoms with Crippen LogP contribution in [0.15, 0.2) is 132 Å². The first-order chi connectivity index (χ1) is 27.6. The van der Waals surface area contributed by atoms with Gasteiger partial charge in [0.1, 0.15) is 17.2 Å². The van der Waals surface area contributed by atoms with Crippen LogP contribution in [0.2, 0.25) is 0 Å². The largest absolute Gasteiger partial charge is 0.454 e. The van der Waals surface area contributed by atoms with E-state index in [-0.39, 0.29) is 16.2 Å². The minimum atomic E-state index is -0.138. The van der Waals surface area contributed by atoms with Gasteiger partial charge in [-0.15, -0.1) is 0 Å². The molecule has 5 heteroatoms. The van der Waals surface area contributed by atoms with Gasteiger partial charge in [0.05, 0.1) is 28.1 Å². The third-order valence-corrected chi connectivity index (χ3v) is 11.5. The summed E-state index contributed by atoms with van der Waals surface area (Å²) in [4.78, 5) is 10.5. The number of hydrogen-bond acceptors (Lipinski definition) is 4. The number of benzene rings is 6. The quantitative estimate of drug-likeness (QED) is 0.179. The second kappa shape index (κ2) is 13.3. The molecule has 0 spiro atoms. The molecule has 0 radical (unpaired) electrons. The standard InChI is InChI=1S/C53H48N4O/c1-51(2,3)34-27-38-39-28-35(52(4,5)6)30-44(49(39)58-48(38)41(29-34)53(7,8)9)57-42-25-17-16-23-36(42)45-37(24-18-26-43(45)57)50-55-46(32-19-12-10-13-20-32)40(31-54)47(56-50)33-21-14-11-15-22-33/h10-30H,1-9H3. The molecule has 9 rings (SSSR count). The van der Waals surface area contributed by atoms with E-state index in [1.54, 1.807) is 0 Å². The average molecular weight is 757 g/mol. The molecule has 9 aromatic rings. The van der Waals surface area contributed by atoms with Crippen molar-refractivity contribution in [1.82, 2.24) is 14.5 Å². The Morgan fingerprint density at radius 2 is 1.07 bits per heavy atom. The van der Waals surface area contributed by atoms with Gasteiger partial charge in [-0.05, 0) is 57.7 Å². The van der Waals surface area contributed by atoms with Crippen LogP contribution in [-0.2, 0) is 16.2 Å². The average Bonchev–Trinajstić information content (AvgIpc) is 3.75. The van der Waals surface area contributed by atoms with Crippen LogP contribution in [0.25, 0.3) is 83.3 Å². The van der Waals surface area contributed by atoms with Gasteiger partial charge in [-0.3, -0.25) is 0 Å². The van der Waals surface area contributed by atoms with Gasteiger partial charge in [-0.2, -0.15) is 5.26 Å². The van der Waals surface area contributed by atoms with Crippen molar-refractivity contribution in [3.05, 3.63) is 150 Å². The number of fused-ring (bicyclic) bond motifs is 6. The molecule has 0 fully saturated rings. The second-order valence-corrected chi connectivity index (χ2v) is 18.6. The summed E-state index contributed by atoms with van der Waals surface area (Å²) in [5.41, 5.74) is 12.6. The highest BCUT2D eigenvalue weighted by Gasteiger charge is 2.29. The third-order valence-electron chi connectivity index (χ3n) is 11.5. The summed E-state index contributed by atoms with van der Waals surface area (Å²) >= 11 is 0. The number of rotatable bonds is 4. The monoisotopic (exact) mass is 756 g/mol. The Morgan fingerprint density at radius 3 is 1.64 bits per heavy atom. The fourth-order valence-corrected chi connectivity index (χ4v) is 8.31. The topological polar surface area (TPSA) is 67.6 Å². The number of hydrogen-bond donors (Lipinski definition) is 0. The van der Waals surface area contributed by atoms with Crippen molar-refractivity contribution in [2.45, 2.75) is 78.6 Å². The molecule has 0 aliphatic carbocycles. The molecule has 0 amide bonds. The molecule has 0 bridgehead atoms. The maximum Gasteiger partial charge on any atom is 0.161 e. The molecule has 0 N–H and O–H groups in total. The van der Waals surface area contributed by atoms with Crippen molar-refractivity contribution in [1.29, 1.82) is 5.26 Å². The van der Waals surface area contributed by atoms with Gasteiger partial charge in [0.2, 0.25) is 0 Å². The maximum absolute atomic E-state index is 10.6. The third kappa shape index (κ3) is 6.07. The Hall–Kier alpha value is -6.51. The van der Waals surface area contributed by atoms with Crippen molar-refractivity contribution < 1.29 is 4.42 Å². The Labute approximate surface area is 340 Å². The fraction of sp³-hybridized carbons (Fsp3) is 0.226. The molecule has 5 nitrogen and oxygen atoms in total. The molecular formula is C53H48N4O. The number of aromatic nitrogens is 3. The number of furan rings is 1. The van der Waals surface area contributed by atoms with Crippen molar-refractivity contribution in [2.24, 2.45) is 0 Å². The fourth-order valence-electron chi connectivity index (χ4n) is 8.31. The van der Waals surface area contributed by atoms with Gasteiger partial charge >= 0.3 is 0 Å². The molecule has 3 aromatic heterocycles. The van der Waals surface area contributed by atoms with E-state index in [2.05, 4.69) is 140 Å². The molecular weight excluding hydrogens is 709 g/mol. The van der Waals surface area contributed by atoms with Gasteiger partial charge in [0.15, 0.2) is 11.4 Å². The maximum atomic E-state index is 10.6. The number of para-hydroxylation sites is 1. The summed E-state index contributed by atoms with van der Waals surface area (Å²) in [6, 6.07) is 46.7. The SMILES string of the molecule is CC(C)(C)c1cc(-n2c3ccccc3c3c(-c4nc(-c5ccccc5)c(C#N)c(-c5ccccc5)n4)cccc32)c2oc3c(C(C)(C)C)cc(C(C)(C)C)cc3c2c1. The van der Waals surface area contributed by atoms with Crippen LogP contribution in [0.4, 0.5) is 0 Å². The summed E-state index contributed by atoms with van der Waals surface area (Å²) < 4.78 is 9.56. The predicted molar refractivity (Wildman–Crippen MR) is 241 cm³/mol. The summed E-state index contributed by atoms with van der Waals surface area (Å²) in [7, 11) is 0. The second-order valence-electron chi connectivity index (χ2n) is 18.6. The zero-order chi connectivity index (χ0) is 40.7. The van der Waals surface area contributed by atoms with E-state index < -0.39 is 0 Å². The van der Waals surface area contributed by atoms with E-state index in [0.29, 0.717) is 22.8 Å². The van der Waals surface area contributed by atoms with Gasteiger partial charge in [0.25, 0.3) is 0 Å². The van der Waals surface area contributed by atoms with Gasteiger partial charge in [0, 0.05) is 43.8 Å². The van der Waals surface area contributed by atoms with E-state index >= 15 is 0 Å². The summed E-state index contributed by atoms with van der Waals surface area (Å²) in [5.74, 6) is 0.562. The first kappa shape index (κ1) is 37.1. The first-order valence-electron chi connectivity index (χ1n) is 20.1. The molecule has 3 heterocycles. The van der Waals surface area contributed by atoms with Crippen molar-refractivity contribution in [2.75, 3.05) is 0 Å². The van der Waals surface area contributed by atoms with Crippen molar-refractivity contribution in [3.63, 3.8) is 0 Å². The lowest BCUT2D eigenvalue weighted by molar-refractivity contribution is 0.559. The van der Waals surface area contributed by atoms with Crippen LogP contribution < -0.4 is 0 Å². The van der Waals surface area contributed by atoms with E-state index in [9.17, 15) is 5.26 Å². The van der Waals surface area contributed by atoms with E-state index in [1.807, 2.05) is 60.7 Å². The highest BCUT2D eigenvalue weighted by atomic mass is 16.3. The minimum absolute atomic E-state index is 0.0419. The molecule has 58 heavy (non-hydrogen) atoms. The first-order valence-corrected chi connectivity index (χ1v) is 20.1. The van der Waals surface area contributed by atoms with Crippen LogP contribution in [0, 0.1) is 11.3 Å². The van der Waals surface area contributed by atoms with E-state index in [4.69, 9.17) is 14.4 Å². The summed E-state index contributed by atoms with van der Waals surface area (Å²) in [6.07, 6.45) is 0. The predicted octanol–water partition coefficient (Wildman–Crippen LogP) is 14.2. The Kier molecular flexibility index (Phi) is 8.49. The highest BCUT2D eigenvalue weighted by molar-refractivity contribution is 6.17.